The van der Waals surface area contributed by atoms with Crippen molar-refractivity contribution in [2.45, 2.75) is 32.9 Å². The molecule has 0 saturated carbocycles. The molecule has 3 N–H and O–H groups in total. The Hall–Kier alpha value is -0.760. The zero-order valence-electron chi connectivity index (χ0n) is 11.8. The van der Waals surface area contributed by atoms with Crippen LogP contribution >= 0.6 is 31.9 Å². The van der Waals surface area contributed by atoms with Crippen molar-refractivity contribution < 1.29 is 4.39 Å². The van der Waals surface area contributed by atoms with E-state index >= 15 is 0 Å². The number of nitrogens with one attached hydrogen (secondary N) is 1. The van der Waals surface area contributed by atoms with Gasteiger partial charge >= 0.3 is 0 Å². The summed E-state index contributed by atoms with van der Waals surface area (Å²) in [6.45, 7) is 4.75. The summed E-state index contributed by atoms with van der Waals surface area (Å²) in [5.41, 5.74) is 5.53. The number of nitrogens with two attached hydrogens (primary N) is 1. The van der Waals surface area contributed by atoms with Crippen LogP contribution in [-0.2, 0) is 13.0 Å². The molecular weight excluding hydrogens is 403 g/mol. The van der Waals surface area contributed by atoms with Gasteiger partial charge in [-0.3, -0.25) is 16.0 Å². The summed E-state index contributed by atoms with van der Waals surface area (Å²) in [7, 11) is 0. The van der Waals surface area contributed by atoms with Gasteiger partial charge in [-0.05, 0) is 63.4 Å². The number of aromatic nitrogens is 2. The van der Waals surface area contributed by atoms with E-state index in [1.807, 2.05) is 24.6 Å². The number of aryl methyl sites for hydroxylation is 2. The molecule has 2 aromatic rings. The topological polar surface area (TPSA) is 55.9 Å². The minimum absolute atomic E-state index is 0.190. The maximum Gasteiger partial charge on any atom is 0.137 e. The molecule has 2 rings (SSSR count). The second-order valence-electron chi connectivity index (χ2n) is 4.76. The molecule has 114 valence electrons. The van der Waals surface area contributed by atoms with Crippen LogP contribution in [0.2, 0.25) is 0 Å². The minimum Gasteiger partial charge on any atom is -0.271 e. The predicted molar refractivity (Wildman–Crippen MR) is 88.2 cm³/mol. The molecule has 0 fully saturated rings. The van der Waals surface area contributed by atoms with E-state index in [-0.39, 0.29) is 11.9 Å². The zero-order chi connectivity index (χ0) is 15.6. The standard InChI is InChI=1S/C14H17Br2FN4/c1-3-21-13(14(16)8(2)20-21)7-12(19-18)9-4-5-10(15)11(17)6-9/h4-6,12,19H,3,7,18H2,1-2H3. The van der Waals surface area contributed by atoms with E-state index in [1.165, 1.54) is 6.07 Å². The third-order valence-electron chi connectivity index (χ3n) is 3.40. The molecule has 1 aromatic heterocycles. The lowest BCUT2D eigenvalue weighted by Crippen LogP contribution is -2.30. The highest BCUT2D eigenvalue weighted by Crippen LogP contribution is 2.27. The SMILES string of the molecule is CCn1nc(C)c(Br)c1CC(NN)c1ccc(Br)c(F)c1. The number of nitrogens with zero attached hydrogens (tertiary/aromatic N) is 2. The number of benzene rings is 1. The fourth-order valence-corrected chi connectivity index (χ4v) is 2.95. The molecule has 1 unspecified atom stereocenters. The molecule has 1 heterocycles. The van der Waals surface area contributed by atoms with Crippen molar-refractivity contribution in [1.29, 1.82) is 0 Å². The summed E-state index contributed by atoms with van der Waals surface area (Å²) in [6, 6.07) is 4.84. The lowest BCUT2D eigenvalue weighted by atomic mass is 10.0. The zero-order valence-corrected chi connectivity index (χ0v) is 15.0. The van der Waals surface area contributed by atoms with Crippen LogP contribution in [0.4, 0.5) is 4.39 Å². The third-order valence-corrected chi connectivity index (χ3v) is 5.07. The van der Waals surface area contributed by atoms with E-state index in [4.69, 9.17) is 5.84 Å². The molecule has 0 aliphatic carbocycles. The molecular formula is C14H17Br2FN4. The largest absolute Gasteiger partial charge is 0.271 e. The highest BCUT2D eigenvalue weighted by Gasteiger charge is 2.19. The third kappa shape index (κ3) is 3.53. The van der Waals surface area contributed by atoms with Crippen molar-refractivity contribution in [2.24, 2.45) is 5.84 Å². The van der Waals surface area contributed by atoms with Crippen LogP contribution in [0.15, 0.2) is 27.1 Å². The lowest BCUT2D eigenvalue weighted by molar-refractivity contribution is 0.512. The van der Waals surface area contributed by atoms with Gasteiger partial charge in [0.25, 0.3) is 0 Å². The van der Waals surface area contributed by atoms with Gasteiger partial charge in [-0.1, -0.05) is 6.07 Å². The molecule has 0 bridgehead atoms. The van der Waals surface area contributed by atoms with Gasteiger partial charge in [0.15, 0.2) is 0 Å². The molecule has 0 aliphatic rings. The summed E-state index contributed by atoms with van der Waals surface area (Å²) < 4.78 is 17.0. The van der Waals surface area contributed by atoms with Gasteiger partial charge in [0.2, 0.25) is 0 Å². The number of halogens is 3. The molecule has 0 spiro atoms. The van der Waals surface area contributed by atoms with Gasteiger partial charge in [0.05, 0.1) is 26.4 Å². The Morgan fingerprint density at radius 3 is 2.71 bits per heavy atom. The van der Waals surface area contributed by atoms with Crippen LogP contribution in [0.5, 0.6) is 0 Å². The van der Waals surface area contributed by atoms with E-state index in [0.717, 1.165) is 28.0 Å². The summed E-state index contributed by atoms with van der Waals surface area (Å²) in [5.74, 6) is 5.36. The fraction of sp³-hybridized carbons (Fsp3) is 0.357. The number of hydrogen-bond acceptors (Lipinski definition) is 3. The van der Waals surface area contributed by atoms with Crippen LogP contribution in [0.25, 0.3) is 0 Å². The fourth-order valence-electron chi connectivity index (χ4n) is 2.26. The van der Waals surface area contributed by atoms with E-state index < -0.39 is 0 Å². The van der Waals surface area contributed by atoms with Gasteiger partial charge in [-0.25, -0.2) is 4.39 Å². The Labute approximate surface area is 140 Å². The highest BCUT2D eigenvalue weighted by atomic mass is 79.9. The average Bonchev–Trinajstić information content (AvgIpc) is 2.75. The maximum absolute atomic E-state index is 13.7. The van der Waals surface area contributed by atoms with Crippen molar-refractivity contribution in [1.82, 2.24) is 15.2 Å². The number of rotatable bonds is 5. The molecule has 0 aliphatic heterocycles. The van der Waals surface area contributed by atoms with Crippen LogP contribution in [0.1, 0.15) is 29.9 Å². The molecule has 4 nitrogen and oxygen atoms in total. The van der Waals surface area contributed by atoms with Crippen LogP contribution in [0, 0.1) is 12.7 Å². The van der Waals surface area contributed by atoms with E-state index in [0.29, 0.717) is 10.9 Å². The van der Waals surface area contributed by atoms with Gasteiger partial charge < -0.3 is 0 Å². The molecule has 1 atom stereocenters. The van der Waals surface area contributed by atoms with E-state index in [2.05, 4.69) is 42.4 Å². The highest BCUT2D eigenvalue weighted by molar-refractivity contribution is 9.10. The molecule has 0 amide bonds. The maximum atomic E-state index is 13.7. The number of hydrogen-bond donors (Lipinski definition) is 2. The normalized spacial score (nSPS) is 12.7. The first-order valence-electron chi connectivity index (χ1n) is 6.60. The van der Waals surface area contributed by atoms with Crippen LogP contribution in [-0.4, -0.2) is 9.78 Å². The Balaban J connectivity index is 2.33. The van der Waals surface area contributed by atoms with Crippen molar-refractivity contribution >= 4 is 31.9 Å². The molecule has 21 heavy (non-hydrogen) atoms. The van der Waals surface area contributed by atoms with Gasteiger partial charge in [0.1, 0.15) is 5.82 Å². The van der Waals surface area contributed by atoms with Crippen LogP contribution in [0.3, 0.4) is 0 Å². The monoisotopic (exact) mass is 418 g/mol. The van der Waals surface area contributed by atoms with Gasteiger partial charge in [0, 0.05) is 13.0 Å². The van der Waals surface area contributed by atoms with Crippen molar-refractivity contribution in [3.05, 3.63) is 49.9 Å². The molecule has 7 heteroatoms. The smallest absolute Gasteiger partial charge is 0.137 e. The van der Waals surface area contributed by atoms with Crippen molar-refractivity contribution in [3.63, 3.8) is 0 Å². The minimum atomic E-state index is -0.299. The Bertz CT molecular complexity index is 642. The quantitative estimate of drug-likeness (QED) is 0.574. The first-order valence-corrected chi connectivity index (χ1v) is 8.19. The Morgan fingerprint density at radius 1 is 1.43 bits per heavy atom. The molecule has 0 radical (unpaired) electrons. The summed E-state index contributed by atoms with van der Waals surface area (Å²) in [6.07, 6.45) is 0.618. The van der Waals surface area contributed by atoms with Crippen molar-refractivity contribution in [2.75, 3.05) is 0 Å². The second-order valence-corrected chi connectivity index (χ2v) is 6.41. The predicted octanol–water partition coefficient (Wildman–Crippen LogP) is 3.62. The Kier molecular flexibility index (Phi) is 5.54. The summed E-state index contributed by atoms with van der Waals surface area (Å²) in [4.78, 5) is 0. The van der Waals surface area contributed by atoms with E-state index in [9.17, 15) is 4.39 Å². The van der Waals surface area contributed by atoms with Gasteiger partial charge in [-0.2, -0.15) is 5.10 Å². The molecule has 0 saturated heterocycles. The van der Waals surface area contributed by atoms with Crippen molar-refractivity contribution in [3.8, 4) is 0 Å². The molecule has 1 aromatic carbocycles. The second kappa shape index (κ2) is 7.00. The first kappa shape index (κ1) is 16.6. The summed E-state index contributed by atoms with van der Waals surface area (Å²) >= 11 is 6.72. The summed E-state index contributed by atoms with van der Waals surface area (Å²) in [5, 5.41) is 4.46. The van der Waals surface area contributed by atoms with Gasteiger partial charge in [-0.15, -0.1) is 0 Å². The van der Waals surface area contributed by atoms with E-state index in [1.54, 1.807) is 6.07 Å². The lowest BCUT2D eigenvalue weighted by Gasteiger charge is -2.17. The van der Waals surface area contributed by atoms with Crippen LogP contribution < -0.4 is 11.3 Å². The Morgan fingerprint density at radius 2 is 2.14 bits per heavy atom. The first-order chi connectivity index (χ1) is 9.97. The number of hydrazine groups is 1. The average molecular weight is 420 g/mol.